The molecule has 0 amide bonds. The molecule has 2 rings (SSSR count). The lowest BCUT2D eigenvalue weighted by atomic mass is 9.99. The SMILES string of the molecule is CCNC(c1cc(Cl)cc(Br)c1)c1cc(Br)ccc1Br. The maximum atomic E-state index is 6.17. The lowest BCUT2D eigenvalue weighted by Crippen LogP contribution is -2.22. The van der Waals surface area contributed by atoms with Crippen molar-refractivity contribution in [3.05, 3.63) is 66.0 Å². The van der Waals surface area contributed by atoms with Gasteiger partial charge in [-0.1, -0.05) is 66.3 Å². The third-order valence-electron chi connectivity index (χ3n) is 2.90. The highest BCUT2D eigenvalue weighted by Crippen LogP contribution is 2.33. The van der Waals surface area contributed by atoms with Crippen LogP contribution in [0.1, 0.15) is 24.1 Å². The van der Waals surface area contributed by atoms with Crippen LogP contribution in [0.5, 0.6) is 0 Å². The third-order valence-corrected chi connectivity index (χ3v) is 4.79. The number of benzene rings is 2. The van der Waals surface area contributed by atoms with Gasteiger partial charge in [0.05, 0.1) is 6.04 Å². The molecule has 0 spiro atoms. The summed E-state index contributed by atoms with van der Waals surface area (Å²) in [6.45, 7) is 2.96. The molecule has 1 atom stereocenters. The van der Waals surface area contributed by atoms with E-state index in [0.717, 1.165) is 30.5 Å². The molecule has 1 unspecified atom stereocenters. The average Bonchev–Trinajstić information content (AvgIpc) is 2.38. The van der Waals surface area contributed by atoms with Crippen LogP contribution in [0.2, 0.25) is 5.02 Å². The van der Waals surface area contributed by atoms with E-state index in [-0.39, 0.29) is 6.04 Å². The Labute approximate surface area is 149 Å². The molecule has 0 heterocycles. The Kier molecular flexibility index (Phi) is 6.11. The van der Waals surface area contributed by atoms with Gasteiger partial charge in [0.2, 0.25) is 0 Å². The van der Waals surface area contributed by atoms with Gasteiger partial charge in [-0.15, -0.1) is 0 Å². The lowest BCUT2D eigenvalue weighted by Gasteiger charge is -2.21. The predicted octanol–water partition coefficient (Wildman–Crippen LogP) is 6.33. The minimum absolute atomic E-state index is 0.0851. The standard InChI is InChI=1S/C15H13Br3ClN/c1-2-20-15(9-5-11(17)7-12(19)6-9)13-8-10(16)3-4-14(13)18/h3-8,15,20H,2H2,1H3. The maximum Gasteiger partial charge on any atom is 0.0589 e. The third kappa shape index (κ3) is 4.08. The molecule has 0 aliphatic heterocycles. The van der Waals surface area contributed by atoms with Crippen molar-refractivity contribution in [2.75, 3.05) is 6.54 Å². The first-order chi connectivity index (χ1) is 9.51. The number of rotatable bonds is 4. The van der Waals surface area contributed by atoms with E-state index in [1.165, 1.54) is 5.56 Å². The van der Waals surface area contributed by atoms with Gasteiger partial charge in [0.15, 0.2) is 0 Å². The van der Waals surface area contributed by atoms with E-state index in [0.29, 0.717) is 0 Å². The maximum absolute atomic E-state index is 6.17. The van der Waals surface area contributed by atoms with Gasteiger partial charge >= 0.3 is 0 Å². The molecule has 0 aliphatic rings. The van der Waals surface area contributed by atoms with Crippen LogP contribution in [0.25, 0.3) is 0 Å². The first kappa shape index (κ1) is 16.5. The van der Waals surface area contributed by atoms with Crippen LogP contribution < -0.4 is 5.32 Å². The van der Waals surface area contributed by atoms with Gasteiger partial charge in [-0.2, -0.15) is 0 Å². The molecule has 0 aromatic heterocycles. The second-order valence-electron chi connectivity index (χ2n) is 4.36. The van der Waals surface area contributed by atoms with Crippen LogP contribution in [0.4, 0.5) is 0 Å². The molecule has 2 aromatic carbocycles. The largest absolute Gasteiger partial charge is 0.306 e. The number of hydrogen-bond acceptors (Lipinski definition) is 1. The molecule has 0 fully saturated rings. The van der Waals surface area contributed by atoms with Gasteiger partial charge in [-0.3, -0.25) is 0 Å². The molecule has 0 saturated carbocycles. The number of hydrogen-bond donors (Lipinski definition) is 1. The zero-order chi connectivity index (χ0) is 14.7. The normalized spacial score (nSPS) is 12.4. The molecule has 0 bridgehead atoms. The van der Waals surface area contributed by atoms with E-state index in [1.807, 2.05) is 24.3 Å². The first-order valence-corrected chi connectivity index (χ1v) is 8.91. The second-order valence-corrected chi connectivity index (χ2v) is 7.48. The van der Waals surface area contributed by atoms with Gasteiger partial charge in [0, 0.05) is 18.4 Å². The highest BCUT2D eigenvalue weighted by atomic mass is 79.9. The molecule has 0 radical (unpaired) electrons. The summed E-state index contributed by atoms with van der Waals surface area (Å²) in [4.78, 5) is 0. The van der Waals surface area contributed by atoms with Crippen molar-refractivity contribution in [3.63, 3.8) is 0 Å². The Bertz CT molecular complexity index is 596. The molecule has 20 heavy (non-hydrogen) atoms. The predicted molar refractivity (Wildman–Crippen MR) is 96.5 cm³/mol. The summed E-state index contributed by atoms with van der Waals surface area (Å²) in [5.41, 5.74) is 2.31. The van der Waals surface area contributed by atoms with Crippen LogP contribution in [0, 0.1) is 0 Å². The van der Waals surface area contributed by atoms with E-state index < -0.39 is 0 Å². The summed E-state index contributed by atoms with van der Waals surface area (Å²) in [5, 5.41) is 4.23. The monoisotopic (exact) mass is 479 g/mol. The average molecular weight is 482 g/mol. The highest BCUT2D eigenvalue weighted by Gasteiger charge is 2.17. The Morgan fingerprint density at radius 1 is 1.05 bits per heavy atom. The Morgan fingerprint density at radius 2 is 1.80 bits per heavy atom. The van der Waals surface area contributed by atoms with Crippen LogP contribution in [-0.2, 0) is 0 Å². The van der Waals surface area contributed by atoms with Gasteiger partial charge in [0.1, 0.15) is 0 Å². The zero-order valence-electron chi connectivity index (χ0n) is 10.8. The van der Waals surface area contributed by atoms with Crippen molar-refractivity contribution in [1.82, 2.24) is 5.32 Å². The zero-order valence-corrected chi connectivity index (χ0v) is 16.3. The quantitative estimate of drug-likeness (QED) is 0.538. The Morgan fingerprint density at radius 3 is 2.45 bits per heavy atom. The minimum Gasteiger partial charge on any atom is -0.306 e. The van der Waals surface area contributed by atoms with Crippen molar-refractivity contribution in [1.29, 1.82) is 0 Å². The van der Waals surface area contributed by atoms with Crippen molar-refractivity contribution in [2.24, 2.45) is 0 Å². The smallest absolute Gasteiger partial charge is 0.0589 e. The summed E-state index contributed by atoms with van der Waals surface area (Å²) in [7, 11) is 0. The summed E-state index contributed by atoms with van der Waals surface area (Å²) in [5.74, 6) is 0. The Hall–Kier alpha value is 0.130. The number of halogens is 4. The molecular formula is C15H13Br3ClN. The molecule has 0 aliphatic carbocycles. The summed E-state index contributed by atoms with van der Waals surface area (Å²) in [6.07, 6.45) is 0. The van der Waals surface area contributed by atoms with E-state index in [4.69, 9.17) is 11.6 Å². The summed E-state index contributed by atoms with van der Waals surface area (Å²) in [6, 6.07) is 12.2. The fraction of sp³-hybridized carbons (Fsp3) is 0.200. The first-order valence-electron chi connectivity index (χ1n) is 6.15. The minimum atomic E-state index is 0.0851. The molecule has 2 aromatic rings. The molecule has 1 N–H and O–H groups in total. The van der Waals surface area contributed by atoms with E-state index >= 15 is 0 Å². The molecule has 0 saturated heterocycles. The molecule has 5 heteroatoms. The van der Waals surface area contributed by atoms with Gasteiger partial charge in [-0.05, 0) is 54.1 Å². The fourth-order valence-electron chi connectivity index (χ4n) is 2.09. The number of nitrogens with one attached hydrogen (secondary N) is 1. The molecule has 106 valence electrons. The van der Waals surface area contributed by atoms with Gasteiger partial charge < -0.3 is 5.32 Å². The van der Waals surface area contributed by atoms with Crippen molar-refractivity contribution in [3.8, 4) is 0 Å². The summed E-state index contributed by atoms with van der Waals surface area (Å²) >= 11 is 16.8. The lowest BCUT2D eigenvalue weighted by molar-refractivity contribution is 0.628. The topological polar surface area (TPSA) is 12.0 Å². The van der Waals surface area contributed by atoms with Crippen molar-refractivity contribution < 1.29 is 0 Å². The van der Waals surface area contributed by atoms with Crippen LogP contribution in [-0.4, -0.2) is 6.54 Å². The van der Waals surface area contributed by atoms with Crippen molar-refractivity contribution in [2.45, 2.75) is 13.0 Å². The molecule has 1 nitrogen and oxygen atoms in total. The van der Waals surface area contributed by atoms with E-state index in [1.54, 1.807) is 0 Å². The van der Waals surface area contributed by atoms with Crippen molar-refractivity contribution >= 4 is 59.4 Å². The van der Waals surface area contributed by atoms with Gasteiger partial charge in [-0.25, -0.2) is 0 Å². The van der Waals surface area contributed by atoms with Crippen LogP contribution in [0.15, 0.2) is 49.8 Å². The van der Waals surface area contributed by atoms with E-state index in [2.05, 4.69) is 72.2 Å². The Balaban J connectivity index is 2.52. The summed E-state index contributed by atoms with van der Waals surface area (Å²) < 4.78 is 3.11. The van der Waals surface area contributed by atoms with Crippen LogP contribution >= 0.6 is 59.4 Å². The second kappa shape index (κ2) is 7.41. The fourth-order valence-corrected chi connectivity index (χ4v) is 3.83. The van der Waals surface area contributed by atoms with Crippen LogP contribution in [0.3, 0.4) is 0 Å². The molecular weight excluding hydrogens is 469 g/mol. The highest BCUT2D eigenvalue weighted by molar-refractivity contribution is 9.11. The van der Waals surface area contributed by atoms with Gasteiger partial charge in [0.25, 0.3) is 0 Å². The van der Waals surface area contributed by atoms with E-state index in [9.17, 15) is 0 Å².